The van der Waals surface area contributed by atoms with Crippen molar-refractivity contribution in [1.82, 2.24) is 9.55 Å². The van der Waals surface area contributed by atoms with Gasteiger partial charge in [0.05, 0.1) is 16.7 Å². The van der Waals surface area contributed by atoms with Gasteiger partial charge < -0.3 is 0 Å². The maximum atomic E-state index is 12.4. The van der Waals surface area contributed by atoms with E-state index >= 15 is 0 Å². The quantitative estimate of drug-likeness (QED) is 0.371. The van der Waals surface area contributed by atoms with Gasteiger partial charge in [0, 0.05) is 6.54 Å². The number of thioether (sulfide) groups is 1. The molecule has 0 fully saturated rings. The Hall–Kier alpha value is -1.99. The Morgan fingerprint density at radius 2 is 2.26 bits per heavy atom. The van der Waals surface area contributed by atoms with Crippen molar-refractivity contribution in [2.45, 2.75) is 18.6 Å². The second-order valence-corrected chi connectivity index (χ2v) is 4.77. The van der Waals surface area contributed by atoms with Gasteiger partial charge in [0.25, 0.3) is 5.56 Å². The number of allylic oxidation sites excluding steroid dienone is 1. The number of nitrogens with zero attached hydrogens (tertiary/aromatic N) is 2. The molecule has 0 saturated heterocycles. The molecule has 0 aliphatic rings. The van der Waals surface area contributed by atoms with E-state index < -0.39 is 0 Å². The van der Waals surface area contributed by atoms with Crippen LogP contribution in [0.25, 0.3) is 10.9 Å². The predicted octanol–water partition coefficient (Wildman–Crippen LogP) is 2.70. The van der Waals surface area contributed by atoms with Crippen LogP contribution in [0.3, 0.4) is 0 Å². The first-order valence-corrected chi connectivity index (χ1v) is 6.89. The first-order valence-electron chi connectivity index (χ1n) is 5.90. The van der Waals surface area contributed by atoms with Crippen LogP contribution in [0.15, 0.2) is 46.9 Å². The fourth-order valence-corrected chi connectivity index (χ4v) is 2.54. The summed E-state index contributed by atoms with van der Waals surface area (Å²) in [7, 11) is 0. The molecule has 2 rings (SSSR count). The van der Waals surface area contributed by atoms with E-state index in [1.165, 1.54) is 11.8 Å². The summed E-state index contributed by atoms with van der Waals surface area (Å²) in [5.41, 5.74) is 0.692. The highest BCUT2D eigenvalue weighted by atomic mass is 32.2. The molecule has 1 aromatic heterocycles. The maximum absolute atomic E-state index is 12.4. The Morgan fingerprint density at radius 1 is 1.47 bits per heavy atom. The van der Waals surface area contributed by atoms with E-state index in [-0.39, 0.29) is 5.56 Å². The molecule has 0 bridgehead atoms. The van der Waals surface area contributed by atoms with Crippen LogP contribution < -0.4 is 5.56 Å². The number of aromatic nitrogens is 2. The van der Waals surface area contributed by atoms with Gasteiger partial charge in [-0.05, 0) is 19.1 Å². The summed E-state index contributed by atoms with van der Waals surface area (Å²) in [5, 5.41) is 1.32. The lowest BCUT2D eigenvalue weighted by Gasteiger charge is -2.10. The second kappa shape index (κ2) is 6.26. The van der Waals surface area contributed by atoms with Gasteiger partial charge in [-0.25, -0.2) is 4.98 Å². The van der Waals surface area contributed by atoms with Crippen LogP contribution in [0.1, 0.15) is 6.92 Å². The fourth-order valence-electron chi connectivity index (χ4n) is 1.72. The molecule has 0 unspecified atom stereocenters. The highest BCUT2D eigenvalue weighted by Gasteiger charge is 2.09. The van der Waals surface area contributed by atoms with Crippen molar-refractivity contribution < 1.29 is 0 Å². The fraction of sp³-hybridized carbons (Fsp3) is 0.200. The van der Waals surface area contributed by atoms with Crippen molar-refractivity contribution in [3.8, 4) is 11.8 Å². The van der Waals surface area contributed by atoms with Gasteiger partial charge >= 0.3 is 0 Å². The van der Waals surface area contributed by atoms with Crippen LogP contribution >= 0.6 is 11.8 Å². The van der Waals surface area contributed by atoms with Gasteiger partial charge in [-0.3, -0.25) is 9.36 Å². The van der Waals surface area contributed by atoms with Gasteiger partial charge in [-0.2, -0.15) is 0 Å². The predicted molar refractivity (Wildman–Crippen MR) is 80.4 cm³/mol. The first kappa shape index (κ1) is 13.4. The van der Waals surface area contributed by atoms with Gasteiger partial charge in [0.1, 0.15) is 0 Å². The van der Waals surface area contributed by atoms with Gasteiger partial charge in [0.2, 0.25) is 0 Å². The molecule has 0 N–H and O–H groups in total. The van der Waals surface area contributed by atoms with Crippen LogP contribution in [0.5, 0.6) is 0 Å². The molecule has 0 amide bonds. The molecule has 0 aliphatic heterocycles. The zero-order valence-corrected chi connectivity index (χ0v) is 11.5. The Morgan fingerprint density at radius 3 is 3.00 bits per heavy atom. The highest BCUT2D eigenvalue weighted by Crippen LogP contribution is 2.17. The molecule has 0 spiro atoms. The minimum atomic E-state index is -0.0301. The SMILES string of the molecule is C=CCn1c(SCC#CC)nc2ccccc2c1=O. The van der Waals surface area contributed by atoms with E-state index in [1.54, 1.807) is 23.6 Å². The molecule has 0 aliphatic carbocycles. The topological polar surface area (TPSA) is 34.9 Å². The molecule has 3 nitrogen and oxygen atoms in total. The van der Waals surface area contributed by atoms with E-state index in [4.69, 9.17) is 0 Å². The van der Waals surface area contributed by atoms with Crippen molar-refractivity contribution >= 4 is 22.7 Å². The lowest BCUT2D eigenvalue weighted by molar-refractivity contribution is 0.672. The molecular weight excluding hydrogens is 256 g/mol. The van der Waals surface area contributed by atoms with Crippen molar-refractivity contribution in [2.24, 2.45) is 0 Å². The van der Waals surface area contributed by atoms with Gasteiger partial charge in [-0.15, -0.1) is 12.5 Å². The van der Waals surface area contributed by atoms with Gasteiger partial charge in [-0.1, -0.05) is 35.9 Å². The van der Waals surface area contributed by atoms with E-state index in [2.05, 4.69) is 23.4 Å². The Bertz CT molecular complexity index is 722. The number of hydrogen-bond donors (Lipinski definition) is 0. The summed E-state index contributed by atoms with van der Waals surface area (Å²) in [6.45, 7) is 5.94. The smallest absolute Gasteiger partial charge is 0.262 e. The van der Waals surface area contributed by atoms with Crippen molar-refractivity contribution in [3.05, 3.63) is 47.3 Å². The summed E-state index contributed by atoms with van der Waals surface area (Å²) in [6.07, 6.45) is 1.70. The molecule has 0 atom stereocenters. The molecule has 4 heteroatoms. The summed E-state index contributed by atoms with van der Waals surface area (Å²) >= 11 is 1.47. The summed E-state index contributed by atoms with van der Waals surface area (Å²) < 4.78 is 1.64. The number of para-hydroxylation sites is 1. The normalized spacial score (nSPS) is 9.95. The minimum Gasteiger partial charge on any atom is -0.283 e. The lowest BCUT2D eigenvalue weighted by Crippen LogP contribution is -2.22. The average Bonchev–Trinajstić information content (AvgIpc) is 2.43. The van der Waals surface area contributed by atoms with Crippen LogP contribution in [0.2, 0.25) is 0 Å². The van der Waals surface area contributed by atoms with E-state index in [1.807, 2.05) is 18.2 Å². The monoisotopic (exact) mass is 270 g/mol. The Balaban J connectivity index is 2.58. The largest absolute Gasteiger partial charge is 0.283 e. The number of fused-ring (bicyclic) bond motifs is 1. The van der Waals surface area contributed by atoms with E-state index in [0.717, 1.165) is 5.52 Å². The molecule has 19 heavy (non-hydrogen) atoms. The molecule has 1 heterocycles. The third-order valence-electron chi connectivity index (χ3n) is 2.59. The summed E-state index contributed by atoms with van der Waals surface area (Å²) in [5.74, 6) is 6.42. The zero-order chi connectivity index (χ0) is 13.7. The number of rotatable bonds is 4. The maximum Gasteiger partial charge on any atom is 0.262 e. The molecular formula is C15H14N2OS. The summed E-state index contributed by atoms with van der Waals surface area (Å²) in [6, 6.07) is 7.38. The number of benzene rings is 1. The van der Waals surface area contributed by atoms with Crippen LogP contribution in [0.4, 0.5) is 0 Å². The average molecular weight is 270 g/mol. The lowest BCUT2D eigenvalue weighted by atomic mass is 10.2. The van der Waals surface area contributed by atoms with Crippen LogP contribution in [-0.2, 0) is 6.54 Å². The molecule has 0 saturated carbocycles. The van der Waals surface area contributed by atoms with E-state index in [9.17, 15) is 4.79 Å². The highest BCUT2D eigenvalue weighted by molar-refractivity contribution is 7.99. The zero-order valence-electron chi connectivity index (χ0n) is 10.7. The Labute approximate surface area is 116 Å². The second-order valence-electron chi connectivity index (χ2n) is 3.83. The molecule has 1 aromatic carbocycles. The van der Waals surface area contributed by atoms with Crippen LogP contribution in [-0.4, -0.2) is 15.3 Å². The number of hydrogen-bond acceptors (Lipinski definition) is 3. The first-order chi connectivity index (χ1) is 9.27. The molecule has 0 radical (unpaired) electrons. The van der Waals surface area contributed by atoms with Crippen molar-refractivity contribution in [1.29, 1.82) is 0 Å². The third kappa shape index (κ3) is 2.88. The van der Waals surface area contributed by atoms with Crippen molar-refractivity contribution in [2.75, 3.05) is 5.75 Å². The standard InChI is InChI=1S/C15H14N2OS/c1-3-5-11-19-15-16-13-9-7-6-8-12(13)14(18)17(15)10-4-2/h4,6-9H,2,10-11H2,1H3. The van der Waals surface area contributed by atoms with Gasteiger partial charge in [0.15, 0.2) is 5.16 Å². The molecule has 2 aromatic rings. The Kier molecular flexibility index (Phi) is 4.43. The summed E-state index contributed by atoms with van der Waals surface area (Å²) in [4.78, 5) is 16.9. The van der Waals surface area contributed by atoms with Crippen LogP contribution in [0, 0.1) is 11.8 Å². The molecule has 96 valence electrons. The third-order valence-corrected chi connectivity index (χ3v) is 3.45. The van der Waals surface area contributed by atoms with Crippen molar-refractivity contribution in [3.63, 3.8) is 0 Å². The minimum absolute atomic E-state index is 0.0301. The van der Waals surface area contributed by atoms with E-state index in [0.29, 0.717) is 22.8 Å².